The van der Waals surface area contributed by atoms with Crippen molar-refractivity contribution in [3.63, 3.8) is 0 Å². The van der Waals surface area contributed by atoms with E-state index in [1.165, 1.54) is 0 Å². The van der Waals surface area contributed by atoms with Crippen LogP contribution in [-0.4, -0.2) is 64.2 Å². The van der Waals surface area contributed by atoms with E-state index in [0.29, 0.717) is 0 Å². The summed E-state index contributed by atoms with van der Waals surface area (Å²) in [5.41, 5.74) is 9.67. The van der Waals surface area contributed by atoms with Crippen molar-refractivity contribution in [2.75, 3.05) is 0 Å². The Labute approximate surface area is 425 Å². The van der Waals surface area contributed by atoms with E-state index in [1.807, 2.05) is 151 Å². The van der Waals surface area contributed by atoms with Crippen molar-refractivity contribution in [1.29, 1.82) is 0 Å². The Morgan fingerprint density at radius 3 is 0.471 bits per heavy atom. The van der Waals surface area contributed by atoms with Crippen LogP contribution in [0.25, 0.3) is 0 Å². The minimum Gasteiger partial charge on any atom is 1.00 e. The zero-order valence-electron chi connectivity index (χ0n) is 37.3. The van der Waals surface area contributed by atoms with Gasteiger partial charge in [0.05, 0.1) is 68.4 Å². The Morgan fingerprint density at radius 2 is 0.386 bits per heavy atom. The smallest absolute Gasteiger partial charge is 1.00 e. The predicted molar refractivity (Wildman–Crippen MR) is 246 cm³/mol. The van der Waals surface area contributed by atoms with Crippen molar-refractivity contribution in [2.45, 2.75) is 41.5 Å². The molecule has 0 atom stereocenters. The summed E-state index contributed by atoms with van der Waals surface area (Å²) in [5, 5.41) is 25.0. The quantitative estimate of drug-likeness (QED) is 0.0462. The minimum absolute atomic E-state index is 0. The zero-order chi connectivity index (χ0) is 51.2. The molecule has 386 valence electrons. The summed E-state index contributed by atoms with van der Waals surface area (Å²) < 4.78 is 118. The number of aromatic nitrogens is 6. The Morgan fingerprint density at radius 1 is 0.271 bits per heavy atom. The van der Waals surface area contributed by atoms with Gasteiger partial charge in [0, 0.05) is 37.2 Å². The van der Waals surface area contributed by atoms with Crippen molar-refractivity contribution in [1.82, 2.24) is 29.9 Å². The molecule has 0 aliphatic rings. The number of hydrogen-bond donors (Lipinski definition) is 0. The molecule has 6 aromatic rings. The summed E-state index contributed by atoms with van der Waals surface area (Å²) in [7, 11) is -21.3. The summed E-state index contributed by atoms with van der Waals surface area (Å²) in [6.45, 7) is 11.3. The standard InChI is InChI=1S/3C14H14N4.2Ag.2F6P/c3*1-11(13-7-3-5-9-15-13)17-18-12(2)14-8-4-6-10-16-14;;;2*1-7(2,3,4,5)6/h3*3-10H,1-2H3;;;;/q;;;2*+1;2*-1/b3*17-11+,18-12+;;;;. The zero-order valence-corrected chi connectivity index (χ0v) is 42.0. The van der Waals surface area contributed by atoms with E-state index in [0.717, 1.165) is 68.4 Å². The van der Waals surface area contributed by atoms with Crippen LogP contribution in [0.5, 0.6) is 0 Å². The fourth-order valence-corrected chi connectivity index (χ4v) is 4.22. The topological polar surface area (TPSA) is 152 Å². The number of rotatable bonds is 9. The van der Waals surface area contributed by atoms with Gasteiger partial charge in [0.2, 0.25) is 0 Å². The van der Waals surface area contributed by atoms with Crippen molar-refractivity contribution in [3.05, 3.63) is 181 Å². The van der Waals surface area contributed by atoms with E-state index >= 15 is 0 Å². The summed E-state index contributed by atoms with van der Waals surface area (Å²) in [6, 6.07) is 34.3. The summed E-state index contributed by atoms with van der Waals surface area (Å²) in [6.07, 6.45) is 10.4. The molecule has 12 nitrogen and oxygen atoms in total. The average molecular weight is 1220 g/mol. The van der Waals surface area contributed by atoms with E-state index in [4.69, 9.17) is 0 Å². The van der Waals surface area contributed by atoms with Gasteiger partial charge < -0.3 is 0 Å². The molecule has 0 saturated heterocycles. The molecule has 6 aromatic heterocycles. The van der Waals surface area contributed by atoms with Crippen LogP contribution in [0.1, 0.15) is 75.7 Å². The van der Waals surface area contributed by atoms with E-state index < -0.39 is 15.6 Å². The molecular weight excluding hydrogens is 1180 g/mol. The molecule has 0 aromatic carbocycles. The van der Waals surface area contributed by atoms with Crippen LogP contribution in [0.15, 0.2) is 177 Å². The second-order valence-electron chi connectivity index (χ2n) is 13.3. The summed E-state index contributed by atoms with van der Waals surface area (Å²) in [4.78, 5) is 25.3. The fourth-order valence-electron chi connectivity index (χ4n) is 4.22. The van der Waals surface area contributed by atoms with Crippen LogP contribution in [0.3, 0.4) is 0 Å². The molecule has 0 N–H and O–H groups in total. The monoisotopic (exact) mass is 1220 g/mol. The Balaban J connectivity index is 0.000000888. The second kappa shape index (κ2) is 26.6. The van der Waals surface area contributed by atoms with Crippen LogP contribution in [0.4, 0.5) is 50.4 Å². The molecular formula is C42H42Ag2F12N12P2. The molecule has 0 unspecified atom stereocenters. The first-order valence-corrected chi connectivity index (χ1v) is 23.1. The number of nitrogens with zero attached hydrogens (tertiary/aromatic N) is 12. The van der Waals surface area contributed by atoms with Gasteiger partial charge in [-0.1, -0.05) is 36.4 Å². The van der Waals surface area contributed by atoms with Gasteiger partial charge in [0.15, 0.2) is 0 Å². The molecule has 0 aliphatic carbocycles. The van der Waals surface area contributed by atoms with Gasteiger partial charge in [0.25, 0.3) is 0 Å². The van der Waals surface area contributed by atoms with Crippen LogP contribution >= 0.6 is 15.6 Å². The maximum atomic E-state index is 9.87. The van der Waals surface area contributed by atoms with Crippen molar-refractivity contribution in [3.8, 4) is 0 Å². The first-order chi connectivity index (χ1) is 31.2. The molecule has 0 aliphatic heterocycles. The first-order valence-electron chi connectivity index (χ1n) is 19.1. The number of hydrogen-bond acceptors (Lipinski definition) is 12. The molecule has 0 radical (unpaired) electrons. The Kier molecular flexibility index (Phi) is 24.5. The van der Waals surface area contributed by atoms with Crippen LogP contribution in [-0.2, 0) is 44.8 Å². The number of halogens is 12. The molecule has 6 rings (SSSR count). The van der Waals surface area contributed by atoms with Gasteiger partial charge in [-0.05, 0) is 114 Å². The van der Waals surface area contributed by atoms with Crippen LogP contribution < -0.4 is 0 Å². The second-order valence-corrected chi connectivity index (χ2v) is 17.2. The van der Waals surface area contributed by atoms with Gasteiger partial charge in [0.1, 0.15) is 0 Å². The van der Waals surface area contributed by atoms with Crippen molar-refractivity contribution >= 4 is 49.9 Å². The third-order valence-corrected chi connectivity index (χ3v) is 7.26. The molecule has 70 heavy (non-hydrogen) atoms. The normalized spacial score (nSPS) is 14.3. The molecule has 28 heteroatoms. The van der Waals surface area contributed by atoms with Gasteiger partial charge >= 0.3 is 111 Å². The van der Waals surface area contributed by atoms with Gasteiger partial charge in [-0.3, -0.25) is 29.9 Å². The van der Waals surface area contributed by atoms with E-state index in [-0.39, 0.29) is 44.8 Å². The summed E-state index contributed by atoms with van der Waals surface area (Å²) >= 11 is 0. The molecule has 0 spiro atoms. The molecule has 0 bridgehead atoms. The third-order valence-electron chi connectivity index (χ3n) is 7.26. The largest absolute Gasteiger partial charge is 1.00 e. The minimum atomic E-state index is -10.7. The molecule has 0 amide bonds. The molecule has 0 fully saturated rings. The van der Waals surface area contributed by atoms with Crippen molar-refractivity contribution in [2.24, 2.45) is 30.6 Å². The van der Waals surface area contributed by atoms with Crippen LogP contribution in [0, 0.1) is 0 Å². The first kappa shape index (κ1) is 64.4. The average Bonchev–Trinajstić information content (AvgIpc) is 3.29. The maximum absolute atomic E-state index is 10.7. The van der Waals surface area contributed by atoms with Gasteiger partial charge in [-0.2, -0.15) is 30.6 Å². The fraction of sp³-hybridized carbons (Fsp3) is 0.143. The van der Waals surface area contributed by atoms with Gasteiger partial charge in [-0.15, -0.1) is 0 Å². The van der Waals surface area contributed by atoms with Crippen LogP contribution in [0.2, 0.25) is 0 Å². The molecule has 0 saturated carbocycles. The molecule has 6 heterocycles. The maximum Gasteiger partial charge on any atom is 1.00 e. The van der Waals surface area contributed by atoms with E-state index in [2.05, 4.69) is 60.5 Å². The van der Waals surface area contributed by atoms with Gasteiger partial charge in [-0.25, -0.2) is 0 Å². The SMILES string of the molecule is C/C(=N\N=C(/C)c1ccccn1)c1ccccn1.C/C(=N\N=C(/C)c1ccccn1)c1ccccn1.C/C(=N\N=C(/C)c1ccccn1)c1ccccn1.F[P-](F)(F)(F)(F)F.F[P-](F)(F)(F)(F)F.[Ag+].[Ag+]. The third kappa shape index (κ3) is 35.5. The Bertz CT molecular complexity index is 2230. The number of pyridine rings is 6. The predicted octanol–water partition coefficient (Wildman–Crippen LogP) is 14.9. The van der Waals surface area contributed by atoms with E-state index in [1.54, 1.807) is 37.2 Å². The summed E-state index contributed by atoms with van der Waals surface area (Å²) in [5.74, 6) is 0. The Hall–Kier alpha value is -5.58. The van der Waals surface area contributed by atoms with Crippen molar-refractivity contribution < 1.29 is 95.1 Å². The van der Waals surface area contributed by atoms with E-state index in [9.17, 15) is 50.4 Å².